The largest absolute Gasteiger partial charge is 0.387 e. The highest BCUT2D eigenvalue weighted by Crippen LogP contribution is 2.22. The maximum Gasteiger partial charge on any atom is 0.269 e. The van der Waals surface area contributed by atoms with Crippen molar-refractivity contribution < 1.29 is 14.4 Å². The van der Waals surface area contributed by atoms with E-state index < -0.39 is 16.8 Å². The van der Waals surface area contributed by atoms with Crippen LogP contribution in [0.3, 0.4) is 0 Å². The van der Waals surface area contributed by atoms with Crippen LogP contribution in [-0.2, 0) is 6.54 Å². The Hall–Kier alpha value is -2.02. The molecule has 116 valence electrons. The first-order chi connectivity index (χ1) is 10.5. The van der Waals surface area contributed by atoms with Crippen LogP contribution in [0.4, 0.5) is 10.1 Å². The average Bonchev–Trinajstić information content (AvgIpc) is 2.49. The van der Waals surface area contributed by atoms with Gasteiger partial charge in [-0.3, -0.25) is 10.1 Å². The fourth-order valence-corrected chi connectivity index (χ4v) is 2.19. The molecule has 2 N–H and O–H groups in total. The van der Waals surface area contributed by atoms with Crippen molar-refractivity contribution in [2.24, 2.45) is 0 Å². The van der Waals surface area contributed by atoms with E-state index in [1.807, 2.05) is 0 Å². The predicted molar refractivity (Wildman–Crippen MR) is 81.2 cm³/mol. The molecule has 0 amide bonds. The van der Waals surface area contributed by atoms with Crippen LogP contribution in [0.5, 0.6) is 0 Å². The van der Waals surface area contributed by atoms with Gasteiger partial charge < -0.3 is 10.4 Å². The molecule has 2 rings (SSSR count). The highest BCUT2D eigenvalue weighted by atomic mass is 35.5. The van der Waals surface area contributed by atoms with Crippen molar-refractivity contribution in [2.45, 2.75) is 12.6 Å². The first kappa shape index (κ1) is 16.4. The second-order valence-corrected chi connectivity index (χ2v) is 5.11. The van der Waals surface area contributed by atoms with Gasteiger partial charge in [0.2, 0.25) is 0 Å². The van der Waals surface area contributed by atoms with E-state index in [4.69, 9.17) is 11.6 Å². The van der Waals surface area contributed by atoms with Crippen LogP contribution in [0.25, 0.3) is 0 Å². The normalized spacial score (nSPS) is 12.1. The third-order valence-electron chi connectivity index (χ3n) is 3.16. The van der Waals surface area contributed by atoms with Gasteiger partial charge >= 0.3 is 0 Å². The number of aliphatic hydroxyl groups excluding tert-OH is 1. The highest BCUT2D eigenvalue weighted by Gasteiger charge is 2.13. The minimum absolute atomic E-state index is 0.0594. The third-order valence-corrected chi connectivity index (χ3v) is 3.53. The summed E-state index contributed by atoms with van der Waals surface area (Å²) in [5, 5.41) is 24.0. The number of nitro benzene ring substituents is 1. The Labute approximate surface area is 131 Å². The molecule has 2 aromatic carbocycles. The van der Waals surface area contributed by atoms with Gasteiger partial charge in [0.25, 0.3) is 5.69 Å². The SMILES string of the molecule is O=[N+]([O-])c1ccc(Cl)c(CNCC(O)c2ccccc2F)c1. The first-order valence-electron chi connectivity index (χ1n) is 6.55. The lowest BCUT2D eigenvalue weighted by Gasteiger charge is -2.13. The van der Waals surface area contributed by atoms with Crippen LogP contribution in [0.2, 0.25) is 5.02 Å². The molecule has 0 aliphatic carbocycles. The molecular formula is C15H14ClFN2O3. The number of aliphatic hydroxyl groups is 1. The molecule has 0 saturated heterocycles. The van der Waals surface area contributed by atoms with Crippen LogP contribution >= 0.6 is 11.6 Å². The number of nitrogens with one attached hydrogen (secondary N) is 1. The van der Waals surface area contributed by atoms with E-state index >= 15 is 0 Å². The summed E-state index contributed by atoms with van der Waals surface area (Å²) in [7, 11) is 0. The number of nitrogens with zero attached hydrogens (tertiary/aromatic N) is 1. The van der Waals surface area contributed by atoms with Gasteiger partial charge in [-0.15, -0.1) is 0 Å². The molecule has 5 nitrogen and oxygen atoms in total. The second-order valence-electron chi connectivity index (χ2n) is 4.70. The van der Waals surface area contributed by atoms with Crippen molar-refractivity contribution in [1.29, 1.82) is 0 Å². The van der Waals surface area contributed by atoms with Crippen molar-refractivity contribution in [3.8, 4) is 0 Å². The van der Waals surface area contributed by atoms with E-state index in [1.54, 1.807) is 12.1 Å². The lowest BCUT2D eigenvalue weighted by Crippen LogP contribution is -2.22. The van der Waals surface area contributed by atoms with Crippen LogP contribution in [0, 0.1) is 15.9 Å². The van der Waals surface area contributed by atoms with Crippen molar-refractivity contribution in [3.05, 3.63) is 74.5 Å². The summed E-state index contributed by atoms with van der Waals surface area (Å²) in [4.78, 5) is 10.2. The van der Waals surface area contributed by atoms with Gasteiger partial charge in [-0.2, -0.15) is 0 Å². The summed E-state index contributed by atoms with van der Waals surface area (Å²) in [6.07, 6.45) is -1.02. The molecule has 1 unspecified atom stereocenters. The van der Waals surface area contributed by atoms with Crippen molar-refractivity contribution in [3.63, 3.8) is 0 Å². The maximum atomic E-state index is 13.5. The second kappa shape index (κ2) is 7.31. The van der Waals surface area contributed by atoms with Gasteiger partial charge in [0, 0.05) is 35.8 Å². The Morgan fingerprint density at radius 2 is 2.05 bits per heavy atom. The number of nitro groups is 1. The molecular weight excluding hydrogens is 311 g/mol. The molecule has 0 bridgehead atoms. The van der Waals surface area contributed by atoms with Crippen LogP contribution in [0.15, 0.2) is 42.5 Å². The van der Waals surface area contributed by atoms with E-state index in [0.29, 0.717) is 10.6 Å². The Morgan fingerprint density at radius 3 is 2.73 bits per heavy atom. The fourth-order valence-electron chi connectivity index (χ4n) is 2.01. The predicted octanol–water partition coefficient (Wildman–Crippen LogP) is 3.21. The molecule has 0 aliphatic rings. The molecule has 1 atom stereocenters. The van der Waals surface area contributed by atoms with E-state index in [9.17, 15) is 19.6 Å². The lowest BCUT2D eigenvalue weighted by molar-refractivity contribution is -0.384. The van der Waals surface area contributed by atoms with Crippen molar-refractivity contribution in [1.82, 2.24) is 5.32 Å². The highest BCUT2D eigenvalue weighted by molar-refractivity contribution is 6.31. The molecule has 0 saturated carbocycles. The number of hydrogen-bond donors (Lipinski definition) is 2. The minimum atomic E-state index is -1.02. The molecule has 0 aromatic heterocycles. The van der Waals surface area contributed by atoms with E-state index in [2.05, 4.69) is 5.32 Å². The molecule has 0 radical (unpaired) electrons. The number of rotatable bonds is 6. The number of non-ortho nitro benzene ring substituents is 1. The third kappa shape index (κ3) is 4.00. The Bertz CT molecular complexity index is 682. The van der Waals surface area contributed by atoms with Crippen LogP contribution < -0.4 is 5.32 Å². The van der Waals surface area contributed by atoms with Crippen molar-refractivity contribution in [2.75, 3.05) is 6.54 Å². The fraction of sp³-hybridized carbons (Fsp3) is 0.200. The van der Waals surface area contributed by atoms with Crippen LogP contribution in [-0.4, -0.2) is 16.6 Å². The number of benzene rings is 2. The number of hydrogen-bond acceptors (Lipinski definition) is 4. The summed E-state index contributed by atoms with van der Waals surface area (Å²) in [5.41, 5.74) is 0.674. The molecule has 0 heterocycles. The van der Waals surface area contributed by atoms with E-state index in [-0.39, 0.29) is 24.3 Å². The van der Waals surface area contributed by atoms with Crippen molar-refractivity contribution >= 4 is 17.3 Å². The molecule has 0 aliphatic heterocycles. The quantitative estimate of drug-likeness (QED) is 0.632. The molecule has 7 heteroatoms. The first-order valence-corrected chi connectivity index (χ1v) is 6.93. The molecule has 0 spiro atoms. The Morgan fingerprint density at radius 1 is 1.32 bits per heavy atom. The van der Waals surface area contributed by atoms with Gasteiger partial charge in [-0.25, -0.2) is 4.39 Å². The zero-order chi connectivity index (χ0) is 16.1. The van der Waals surface area contributed by atoms with Gasteiger partial charge in [-0.05, 0) is 17.7 Å². The topological polar surface area (TPSA) is 75.4 Å². The molecule has 22 heavy (non-hydrogen) atoms. The van der Waals surface area contributed by atoms with E-state index in [1.165, 1.54) is 30.3 Å². The minimum Gasteiger partial charge on any atom is -0.387 e. The van der Waals surface area contributed by atoms with Gasteiger partial charge in [-0.1, -0.05) is 29.8 Å². The summed E-state index contributed by atoms with van der Waals surface area (Å²) in [6, 6.07) is 10.1. The summed E-state index contributed by atoms with van der Waals surface area (Å²) in [6.45, 7) is 0.325. The van der Waals surface area contributed by atoms with Crippen LogP contribution in [0.1, 0.15) is 17.2 Å². The maximum absolute atomic E-state index is 13.5. The lowest BCUT2D eigenvalue weighted by atomic mass is 10.1. The smallest absolute Gasteiger partial charge is 0.269 e. The van der Waals surface area contributed by atoms with Gasteiger partial charge in [0.05, 0.1) is 11.0 Å². The molecule has 2 aromatic rings. The average molecular weight is 325 g/mol. The number of halogens is 2. The van der Waals surface area contributed by atoms with Gasteiger partial charge in [0.15, 0.2) is 0 Å². The van der Waals surface area contributed by atoms with E-state index in [0.717, 1.165) is 0 Å². The summed E-state index contributed by atoms with van der Waals surface area (Å²) < 4.78 is 13.5. The zero-order valence-corrected chi connectivity index (χ0v) is 12.3. The standard InChI is InChI=1S/C15H14ClFN2O3/c16-13-6-5-11(19(21)22)7-10(13)8-18-9-15(20)12-3-1-2-4-14(12)17/h1-7,15,18,20H,8-9H2. The summed E-state index contributed by atoms with van der Waals surface area (Å²) >= 11 is 5.97. The zero-order valence-electron chi connectivity index (χ0n) is 11.5. The Kier molecular flexibility index (Phi) is 5.43. The summed E-state index contributed by atoms with van der Waals surface area (Å²) in [5.74, 6) is -0.481. The van der Waals surface area contributed by atoms with Gasteiger partial charge in [0.1, 0.15) is 5.82 Å². The molecule has 0 fully saturated rings. The Balaban J connectivity index is 1.98. The monoisotopic (exact) mass is 324 g/mol.